The predicted octanol–water partition coefficient (Wildman–Crippen LogP) is 0.115. The van der Waals surface area contributed by atoms with Gasteiger partial charge in [0.05, 0.1) is 5.75 Å². The van der Waals surface area contributed by atoms with E-state index < -0.39 is 6.43 Å². The van der Waals surface area contributed by atoms with Gasteiger partial charge in [-0.25, -0.2) is 8.78 Å². The van der Waals surface area contributed by atoms with Crippen LogP contribution in [0.1, 0.15) is 24.0 Å². The maximum absolute atomic E-state index is 12.3. The van der Waals surface area contributed by atoms with Crippen LogP contribution >= 0.6 is 0 Å². The van der Waals surface area contributed by atoms with E-state index in [2.05, 4.69) is 0 Å². The molecule has 0 atom stereocenters. The minimum absolute atomic E-state index is 0. The van der Waals surface area contributed by atoms with E-state index in [1.54, 1.807) is 12.7 Å². The fraction of sp³-hybridized carbons (Fsp3) is 0.300. The zero-order valence-corrected chi connectivity index (χ0v) is 12.9. The van der Waals surface area contributed by atoms with Crippen LogP contribution in [0.3, 0.4) is 0 Å². The maximum Gasteiger partial charge on any atom is 1.00 e. The Morgan fingerprint density at radius 3 is 2.86 bits per heavy atom. The second-order valence-corrected chi connectivity index (χ2v) is 2.99. The largest absolute Gasteiger partial charge is 1.00 e. The van der Waals surface area contributed by atoms with Gasteiger partial charge in [0.25, 0.3) is 6.43 Å². The van der Waals surface area contributed by atoms with Crippen molar-refractivity contribution in [2.45, 2.75) is 19.3 Å². The quantitative estimate of drug-likeness (QED) is 0.657. The monoisotopic (exact) mass is 268 g/mol. The van der Waals surface area contributed by atoms with Crippen LogP contribution in [-0.4, -0.2) is 0 Å². The number of alkyl halides is 2. The first-order valence-electron chi connectivity index (χ1n) is 4.16. The Bertz CT molecular complexity index is 315. The van der Waals surface area contributed by atoms with Gasteiger partial charge in [0.2, 0.25) is 0 Å². The first-order valence-corrected chi connectivity index (χ1v) is 4.16. The van der Waals surface area contributed by atoms with Crippen molar-refractivity contribution < 1.29 is 71.7 Å². The van der Waals surface area contributed by atoms with Crippen molar-refractivity contribution in [3.63, 3.8) is 0 Å². The number of rotatable bonds is 1. The summed E-state index contributed by atoms with van der Waals surface area (Å²) >= 11 is 0. The summed E-state index contributed by atoms with van der Waals surface area (Å²) in [6.07, 6.45) is -0.698. The van der Waals surface area contributed by atoms with Crippen molar-refractivity contribution in [2.75, 3.05) is 0 Å². The molecule has 14 heavy (non-hydrogen) atoms. The Morgan fingerprint density at radius 1 is 1.36 bits per heavy atom. The van der Waals surface area contributed by atoms with E-state index in [1.807, 2.05) is 0 Å². The van der Waals surface area contributed by atoms with Gasteiger partial charge in [-0.1, -0.05) is 12.1 Å². The van der Waals surface area contributed by atoms with Crippen LogP contribution in [0.2, 0.25) is 0 Å². The van der Waals surface area contributed by atoms with Gasteiger partial charge >= 0.3 is 58.2 Å². The Morgan fingerprint density at radius 2 is 2.14 bits per heavy atom. The Labute approximate surface area is 131 Å². The molecule has 0 aliphatic carbocycles. The second-order valence-electron chi connectivity index (χ2n) is 2.99. The van der Waals surface area contributed by atoms with E-state index >= 15 is 0 Å². The minimum Gasteiger partial charge on any atom is -0.662 e. The summed E-state index contributed by atoms with van der Waals surface area (Å²) in [5.74, 6) is 0.573. The Balaban J connectivity index is 0.000000980. The third-order valence-electron chi connectivity index (χ3n) is 2.09. The number of hydrogen-bond donors (Lipinski definition) is 0. The number of hydrogen-bond acceptors (Lipinski definition) is 1. The summed E-state index contributed by atoms with van der Waals surface area (Å²) in [5, 5.41) is 0. The van der Waals surface area contributed by atoms with Crippen LogP contribution in [0.4, 0.5) is 8.78 Å². The minimum atomic E-state index is -2.42. The van der Waals surface area contributed by atoms with E-state index in [4.69, 9.17) is 4.74 Å². The SMILES string of the molecule is FC(F)c1ccc2c(c1)O[CH-]CC2.[Rb+]. The van der Waals surface area contributed by atoms with Gasteiger partial charge in [0.1, 0.15) is 0 Å². The molecule has 0 spiro atoms. The van der Waals surface area contributed by atoms with Crippen LogP contribution in [0.15, 0.2) is 18.2 Å². The Kier molecular flexibility index (Phi) is 5.18. The molecule has 1 heterocycles. The number of benzene rings is 1. The molecule has 0 amide bonds. The summed E-state index contributed by atoms with van der Waals surface area (Å²) in [6, 6.07) is 4.58. The van der Waals surface area contributed by atoms with Crippen molar-refractivity contribution in [3.05, 3.63) is 35.9 Å². The van der Waals surface area contributed by atoms with Crippen molar-refractivity contribution in [3.8, 4) is 5.75 Å². The summed E-state index contributed by atoms with van der Waals surface area (Å²) in [7, 11) is 0. The molecule has 0 saturated carbocycles. The number of fused-ring (bicyclic) bond motifs is 1. The standard InChI is InChI=1S/C10H9F2O.Rb/c11-10(12)8-4-3-7-2-1-5-13-9(7)6-8;/h3-6,10H,1-2H2;/q-1;+1. The molecule has 0 aromatic heterocycles. The molecule has 0 bridgehead atoms. The molecule has 0 fully saturated rings. The molecule has 0 N–H and O–H groups in total. The average Bonchev–Trinajstić information content (AvgIpc) is 2.17. The molecule has 1 aromatic carbocycles. The van der Waals surface area contributed by atoms with Gasteiger partial charge in [-0.3, -0.25) is 0 Å². The van der Waals surface area contributed by atoms with Gasteiger partial charge in [0.15, 0.2) is 0 Å². The Hall–Kier alpha value is 0.685. The number of halogens is 2. The third kappa shape index (κ3) is 2.84. The van der Waals surface area contributed by atoms with Crippen molar-refractivity contribution in [1.82, 2.24) is 0 Å². The first kappa shape index (κ1) is 12.8. The fourth-order valence-corrected chi connectivity index (χ4v) is 1.39. The molecular weight excluding hydrogens is 260 g/mol. The van der Waals surface area contributed by atoms with E-state index in [0.29, 0.717) is 5.75 Å². The predicted molar refractivity (Wildman–Crippen MR) is 44.6 cm³/mol. The van der Waals surface area contributed by atoms with Crippen LogP contribution < -0.4 is 62.9 Å². The van der Waals surface area contributed by atoms with Gasteiger partial charge in [-0.05, 0) is 18.1 Å². The number of aryl methyl sites for hydroxylation is 1. The van der Waals surface area contributed by atoms with Gasteiger partial charge in [-0.2, -0.15) is 6.61 Å². The molecule has 70 valence electrons. The second kappa shape index (κ2) is 5.68. The smallest absolute Gasteiger partial charge is 0.662 e. The topological polar surface area (TPSA) is 9.23 Å². The first-order chi connectivity index (χ1) is 6.27. The number of ether oxygens (including phenoxy) is 1. The van der Waals surface area contributed by atoms with E-state index in [-0.39, 0.29) is 63.8 Å². The van der Waals surface area contributed by atoms with Crippen molar-refractivity contribution >= 4 is 0 Å². The summed E-state index contributed by atoms with van der Waals surface area (Å²) in [5.41, 5.74) is 1.03. The summed E-state index contributed by atoms with van der Waals surface area (Å²) in [6.45, 7) is 1.65. The molecule has 2 rings (SSSR count). The zero-order chi connectivity index (χ0) is 9.26. The normalized spacial score (nSPS) is 14.2. The van der Waals surface area contributed by atoms with Crippen molar-refractivity contribution in [2.24, 2.45) is 0 Å². The molecule has 1 aliphatic heterocycles. The average molecular weight is 269 g/mol. The van der Waals surface area contributed by atoms with Gasteiger partial charge < -0.3 is 4.74 Å². The molecule has 1 aromatic rings. The van der Waals surface area contributed by atoms with E-state index in [1.165, 1.54) is 12.1 Å². The fourth-order valence-electron chi connectivity index (χ4n) is 1.39. The van der Waals surface area contributed by atoms with Crippen LogP contribution in [0.25, 0.3) is 0 Å². The molecule has 1 aliphatic rings. The molecular formula is C10H9F2ORb. The molecule has 4 heteroatoms. The van der Waals surface area contributed by atoms with E-state index in [0.717, 1.165) is 18.4 Å². The molecule has 0 saturated heterocycles. The zero-order valence-electron chi connectivity index (χ0n) is 7.97. The summed E-state index contributed by atoms with van der Waals surface area (Å²) in [4.78, 5) is 0. The van der Waals surface area contributed by atoms with Crippen molar-refractivity contribution in [1.29, 1.82) is 0 Å². The molecule has 0 unspecified atom stereocenters. The summed E-state index contributed by atoms with van der Waals surface area (Å²) < 4.78 is 29.7. The van der Waals surface area contributed by atoms with Gasteiger partial charge in [-0.15, -0.1) is 6.42 Å². The van der Waals surface area contributed by atoms with Crippen LogP contribution in [0, 0.1) is 6.61 Å². The van der Waals surface area contributed by atoms with Crippen LogP contribution in [0.5, 0.6) is 5.75 Å². The maximum atomic E-state index is 12.3. The molecule has 1 nitrogen and oxygen atoms in total. The van der Waals surface area contributed by atoms with Crippen LogP contribution in [-0.2, 0) is 6.42 Å². The third-order valence-corrected chi connectivity index (χ3v) is 2.09. The van der Waals surface area contributed by atoms with E-state index in [9.17, 15) is 8.78 Å². The van der Waals surface area contributed by atoms with Gasteiger partial charge in [0, 0.05) is 5.56 Å². The molecule has 0 radical (unpaired) electrons.